The Morgan fingerprint density at radius 1 is 1.14 bits per heavy atom. The minimum Gasteiger partial charge on any atom is -0.334 e. The van der Waals surface area contributed by atoms with Crippen LogP contribution in [0.2, 0.25) is 0 Å². The maximum atomic E-state index is 4.21. The molecule has 0 fully saturated rings. The fraction of sp³-hybridized carbons (Fsp3) is 0.500. The van der Waals surface area contributed by atoms with Gasteiger partial charge in [0.2, 0.25) is 0 Å². The van der Waals surface area contributed by atoms with Gasteiger partial charge in [0.25, 0.3) is 0 Å². The molecule has 114 valence electrons. The second kappa shape index (κ2) is 7.41. The first-order chi connectivity index (χ1) is 10.1. The van der Waals surface area contributed by atoms with Crippen molar-refractivity contribution in [1.82, 2.24) is 14.9 Å². The number of aryl methyl sites for hydroxylation is 1. The predicted octanol–water partition coefficient (Wildman–Crippen LogP) is 3.95. The van der Waals surface area contributed by atoms with Gasteiger partial charge >= 0.3 is 0 Å². The van der Waals surface area contributed by atoms with Crippen molar-refractivity contribution in [1.29, 1.82) is 0 Å². The van der Waals surface area contributed by atoms with Gasteiger partial charge in [-0.1, -0.05) is 38.1 Å². The molecule has 0 saturated heterocycles. The van der Waals surface area contributed by atoms with E-state index in [2.05, 4.69) is 66.8 Å². The summed E-state index contributed by atoms with van der Waals surface area (Å²) in [6, 6.07) is 9.34. The van der Waals surface area contributed by atoms with E-state index in [1.807, 2.05) is 12.5 Å². The van der Waals surface area contributed by atoms with Crippen molar-refractivity contribution in [3.63, 3.8) is 0 Å². The lowest BCUT2D eigenvalue weighted by Gasteiger charge is -2.15. The normalized spacial score (nSPS) is 12.8. The van der Waals surface area contributed by atoms with E-state index >= 15 is 0 Å². The first-order valence-electron chi connectivity index (χ1n) is 7.91. The summed E-state index contributed by atoms with van der Waals surface area (Å²) in [5, 5.41) is 3.58. The lowest BCUT2D eigenvalue weighted by atomic mass is 10.00. The Hall–Kier alpha value is -1.61. The quantitative estimate of drug-likeness (QED) is 0.834. The van der Waals surface area contributed by atoms with E-state index in [0.717, 1.165) is 19.5 Å². The van der Waals surface area contributed by atoms with Crippen LogP contribution in [0, 0.1) is 5.92 Å². The molecule has 2 rings (SSSR count). The van der Waals surface area contributed by atoms with Gasteiger partial charge in [-0.25, -0.2) is 4.98 Å². The molecule has 0 radical (unpaired) electrons. The number of hydrogen-bond acceptors (Lipinski definition) is 2. The summed E-state index contributed by atoms with van der Waals surface area (Å²) in [6.07, 6.45) is 4.98. The molecule has 1 atom stereocenters. The molecular formula is C18H27N3. The Balaban J connectivity index is 1.92. The molecule has 21 heavy (non-hydrogen) atoms. The van der Waals surface area contributed by atoms with Crippen LogP contribution < -0.4 is 5.32 Å². The van der Waals surface area contributed by atoms with E-state index in [-0.39, 0.29) is 0 Å². The van der Waals surface area contributed by atoms with E-state index in [1.165, 1.54) is 16.8 Å². The summed E-state index contributed by atoms with van der Waals surface area (Å²) in [5.41, 5.74) is 4.00. The van der Waals surface area contributed by atoms with Crippen LogP contribution in [0.3, 0.4) is 0 Å². The number of hydrogen-bond donors (Lipinski definition) is 1. The summed E-state index contributed by atoms with van der Waals surface area (Å²) >= 11 is 0. The maximum Gasteiger partial charge on any atom is 0.0948 e. The zero-order valence-electron chi connectivity index (χ0n) is 13.6. The zero-order chi connectivity index (χ0) is 15.2. The standard InChI is InChI=1S/C18H27N3/c1-5-21-13-19-11-18(21)12-20-15(4)17-8-6-16(7-9-17)10-14(2)3/h6-9,11,13-15,20H,5,10,12H2,1-4H3. The summed E-state index contributed by atoms with van der Waals surface area (Å²) in [4.78, 5) is 4.21. The molecule has 1 aromatic heterocycles. The average molecular weight is 285 g/mol. The highest BCUT2D eigenvalue weighted by Crippen LogP contribution is 2.16. The molecule has 0 spiro atoms. The number of imidazole rings is 1. The molecule has 1 heterocycles. The van der Waals surface area contributed by atoms with Crippen LogP contribution in [0.25, 0.3) is 0 Å². The first-order valence-corrected chi connectivity index (χ1v) is 7.91. The molecule has 0 aliphatic rings. The summed E-state index contributed by atoms with van der Waals surface area (Å²) in [7, 11) is 0. The van der Waals surface area contributed by atoms with Gasteiger partial charge in [0, 0.05) is 25.3 Å². The van der Waals surface area contributed by atoms with Gasteiger partial charge in [-0.05, 0) is 37.3 Å². The van der Waals surface area contributed by atoms with Crippen molar-refractivity contribution < 1.29 is 0 Å². The number of rotatable bonds is 7. The lowest BCUT2D eigenvalue weighted by Crippen LogP contribution is -2.19. The van der Waals surface area contributed by atoms with E-state index in [0.29, 0.717) is 12.0 Å². The van der Waals surface area contributed by atoms with Crippen LogP contribution >= 0.6 is 0 Å². The molecule has 2 aromatic rings. The van der Waals surface area contributed by atoms with E-state index in [9.17, 15) is 0 Å². The van der Waals surface area contributed by atoms with Crippen LogP contribution in [-0.4, -0.2) is 9.55 Å². The molecule has 0 aliphatic carbocycles. The molecule has 1 unspecified atom stereocenters. The van der Waals surface area contributed by atoms with Gasteiger partial charge in [-0.3, -0.25) is 0 Å². The molecule has 0 amide bonds. The lowest BCUT2D eigenvalue weighted by molar-refractivity contribution is 0.549. The maximum absolute atomic E-state index is 4.21. The Morgan fingerprint density at radius 3 is 2.48 bits per heavy atom. The van der Waals surface area contributed by atoms with Gasteiger partial charge < -0.3 is 9.88 Å². The van der Waals surface area contributed by atoms with Gasteiger partial charge in [-0.2, -0.15) is 0 Å². The number of nitrogens with one attached hydrogen (secondary N) is 1. The van der Waals surface area contributed by atoms with Crippen molar-refractivity contribution in [3.05, 3.63) is 53.6 Å². The van der Waals surface area contributed by atoms with Crippen molar-refractivity contribution >= 4 is 0 Å². The summed E-state index contributed by atoms with van der Waals surface area (Å²) in [6.45, 7) is 10.7. The van der Waals surface area contributed by atoms with Crippen LogP contribution in [0.5, 0.6) is 0 Å². The van der Waals surface area contributed by atoms with Crippen LogP contribution in [0.15, 0.2) is 36.8 Å². The zero-order valence-corrected chi connectivity index (χ0v) is 13.6. The van der Waals surface area contributed by atoms with E-state index < -0.39 is 0 Å². The minimum absolute atomic E-state index is 0.346. The minimum atomic E-state index is 0.346. The third-order valence-electron chi connectivity index (χ3n) is 3.85. The molecule has 0 bridgehead atoms. The number of nitrogens with zero attached hydrogens (tertiary/aromatic N) is 2. The Labute approximate surface area is 128 Å². The van der Waals surface area contributed by atoms with Crippen LogP contribution in [-0.2, 0) is 19.5 Å². The SMILES string of the molecule is CCn1cncc1CNC(C)c1ccc(CC(C)C)cc1. The molecule has 0 aliphatic heterocycles. The van der Waals surface area contributed by atoms with Gasteiger partial charge in [0.1, 0.15) is 0 Å². The second-order valence-electron chi connectivity index (χ2n) is 6.11. The highest BCUT2D eigenvalue weighted by Gasteiger charge is 2.07. The van der Waals surface area contributed by atoms with Gasteiger partial charge in [-0.15, -0.1) is 0 Å². The largest absolute Gasteiger partial charge is 0.334 e. The number of aromatic nitrogens is 2. The average Bonchev–Trinajstić information content (AvgIpc) is 2.92. The Bertz CT molecular complexity index is 540. The molecule has 3 heteroatoms. The fourth-order valence-corrected chi connectivity index (χ4v) is 2.57. The molecule has 3 nitrogen and oxygen atoms in total. The fourth-order valence-electron chi connectivity index (χ4n) is 2.57. The first kappa shape index (κ1) is 15.8. The van der Waals surface area contributed by atoms with E-state index in [1.54, 1.807) is 0 Å². The Morgan fingerprint density at radius 2 is 1.86 bits per heavy atom. The third kappa shape index (κ3) is 4.43. The predicted molar refractivity (Wildman–Crippen MR) is 88.1 cm³/mol. The number of benzene rings is 1. The molecule has 1 aromatic carbocycles. The topological polar surface area (TPSA) is 29.9 Å². The monoisotopic (exact) mass is 285 g/mol. The molecule has 0 saturated carbocycles. The van der Waals surface area contributed by atoms with Gasteiger partial charge in [0.05, 0.1) is 12.0 Å². The summed E-state index contributed by atoms with van der Waals surface area (Å²) in [5.74, 6) is 0.709. The highest BCUT2D eigenvalue weighted by molar-refractivity contribution is 5.25. The molecular weight excluding hydrogens is 258 g/mol. The smallest absolute Gasteiger partial charge is 0.0948 e. The van der Waals surface area contributed by atoms with Crippen molar-refractivity contribution in [2.24, 2.45) is 5.92 Å². The third-order valence-corrected chi connectivity index (χ3v) is 3.85. The van der Waals surface area contributed by atoms with Crippen molar-refractivity contribution in [2.45, 2.75) is 53.2 Å². The van der Waals surface area contributed by atoms with Crippen molar-refractivity contribution in [2.75, 3.05) is 0 Å². The van der Waals surface area contributed by atoms with E-state index in [4.69, 9.17) is 0 Å². The second-order valence-corrected chi connectivity index (χ2v) is 6.11. The van der Waals surface area contributed by atoms with Crippen molar-refractivity contribution in [3.8, 4) is 0 Å². The van der Waals surface area contributed by atoms with Gasteiger partial charge in [0.15, 0.2) is 0 Å². The Kier molecular flexibility index (Phi) is 5.57. The molecule has 1 N–H and O–H groups in total. The van der Waals surface area contributed by atoms with Crippen LogP contribution in [0.1, 0.15) is 50.6 Å². The highest BCUT2D eigenvalue weighted by atomic mass is 15.1. The van der Waals surface area contributed by atoms with Crippen LogP contribution in [0.4, 0.5) is 0 Å². The summed E-state index contributed by atoms with van der Waals surface area (Å²) < 4.78 is 2.17.